The third-order valence-corrected chi connectivity index (χ3v) is 4.43. The van der Waals surface area contributed by atoms with Gasteiger partial charge in [0, 0.05) is 0 Å². The zero-order valence-electron chi connectivity index (χ0n) is 14.4. The molecule has 1 heterocycles. The van der Waals surface area contributed by atoms with E-state index in [1.807, 2.05) is 6.92 Å². The van der Waals surface area contributed by atoms with Crippen LogP contribution in [0.5, 0.6) is 0 Å². The molecule has 2 aliphatic rings. The highest BCUT2D eigenvalue weighted by molar-refractivity contribution is 5.88. The van der Waals surface area contributed by atoms with Crippen molar-refractivity contribution in [1.82, 2.24) is 5.32 Å². The molecule has 3 rings (SSSR count). The van der Waals surface area contributed by atoms with Crippen molar-refractivity contribution < 1.29 is 23.8 Å². The standard InChI is InChI=1S/C19H23NO5/c1-13(15-7-6-14-4-2-3-5-16(14)10-15)20-18(21)12-25-19(22)17-11-23-8-9-24-17/h6-7,10-11,13H,2-5,8-9,12H2,1H3,(H,20,21)/t13-/m1/s1. The van der Waals surface area contributed by atoms with Crippen molar-refractivity contribution >= 4 is 11.9 Å². The third kappa shape index (κ3) is 4.53. The molecular formula is C19H23NO5. The number of hydrogen-bond donors (Lipinski definition) is 1. The van der Waals surface area contributed by atoms with Gasteiger partial charge in [0.1, 0.15) is 19.5 Å². The summed E-state index contributed by atoms with van der Waals surface area (Å²) in [7, 11) is 0. The summed E-state index contributed by atoms with van der Waals surface area (Å²) < 4.78 is 15.0. The molecule has 1 aliphatic heterocycles. The number of aryl methyl sites for hydroxylation is 2. The van der Waals surface area contributed by atoms with Gasteiger partial charge in [0.2, 0.25) is 5.76 Å². The van der Waals surface area contributed by atoms with Crippen LogP contribution < -0.4 is 5.32 Å². The SMILES string of the molecule is C[C@@H](NC(=O)COC(=O)C1=COCCO1)c1ccc2c(c1)CCCC2. The molecule has 0 bridgehead atoms. The van der Waals surface area contributed by atoms with Crippen LogP contribution in [0.1, 0.15) is 42.5 Å². The molecule has 1 atom stereocenters. The molecular weight excluding hydrogens is 322 g/mol. The molecule has 134 valence electrons. The highest BCUT2D eigenvalue weighted by atomic mass is 16.6. The third-order valence-electron chi connectivity index (χ3n) is 4.43. The van der Waals surface area contributed by atoms with Crippen molar-refractivity contribution in [3.63, 3.8) is 0 Å². The minimum absolute atomic E-state index is 0.0122. The summed E-state index contributed by atoms with van der Waals surface area (Å²) >= 11 is 0. The minimum atomic E-state index is -0.698. The Kier molecular flexibility index (Phi) is 5.58. The molecule has 1 aromatic rings. The van der Waals surface area contributed by atoms with Gasteiger partial charge in [-0.05, 0) is 49.3 Å². The molecule has 0 aromatic heterocycles. The first kappa shape index (κ1) is 17.3. The molecule has 0 unspecified atom stereocenters. The molecule has 0 spiro atoms. The lowest BCUT2D eigenvalue weighted by Crippen LogP contribution is -2.31. The normalized spacial score (nSPS) is 17.2. The van der Waals surface area contributed by atoms with E-state index in [1.54, 1.807) is 0 Å². The van der Waals surface area contributed by atoms with Gasteiger partial charge < -0.3 is 19.5 Å². The number of carbonyl (C=O) groups is 2. The smallest absolute Gasteiger partial charge is 0.377 e. The average molecular weight is 345 g/mol. The highest BCUT2D eigenvalue weighted by Crippen LogP contribution is 2.24. The second-order valence-corrected chi connectivity index (χ2v) is 6.30. The number of ether oxygens (including phenoxy) is 3. The first-order valence-corrected chi connectivity index (χ1v) is 8.66. The number of nitrogens with one attached hydrogen (secondary N) is 1. The Bertz CT molecular complexity index is 682. The molecule has 0 fully saturated rings. The lowest BCUT2D eigenvalue weighted by molar-refractivity contribution is -0.149. The maximum atomic E-state index is 12.0. The molecule has 1 amide bonds. The molecule has 6 heteroatoms. The summed E-state index contributed by atoms with van der Waals surface area (Å²) in [5.41, 5.74) is 3.84. The van der Waals surface area contributed by atoms with Crippen LogP contribution in [0.25, 0.3) is 0 Å². The van der Waals surface area contributed by atoms with E-state index in [1.165, 1.54) is 30.2 Å². The van der Waals surface area contributed by atoms with E-state index >= 15 is 0 Å². The number of fused-ring (bicyclic) bond motifs is 1. The van der Waals surface area contributed by atoms with Crippen LogP contribution in [-0.4, -0.2) is 31.7 Å². The predicted octanol–water partition coefficient (Wildman–Crippen LogP) is 2.17. The van der Waals surface area contributed by atoms with Crippen LogP contribution in [-0.2, 0) is 36.6 Å². The van der Waals surface area contributed by atoms with E-state index in [9.17, 15) is 9.59 Å². The monoisotopic (exact) mass is 345 g/mol. The number of rotatable bonds is 5. The van der Waals surface area contributed by atoms with Gasteiger partial charge in [0.15, 0.2) is 6.61 Å². The highest BCUT2D eigenvalue weighted by Gasteiger charge is 2.19. The Labute approximate surface area is 147 Å². The Balaban J connectivity index is 1.50. The Morgan fingerprint density at radius 3 is 2.76 bits per heavy atom. The quantitative estimate of drug-likeness (QED) is 0.828. The average Bonchev–Trinajstić information content (AvgIpc) is 2.66. The van der Waals surface area contributed by atoms with E-state index in [0.29, 0.717) is 13.2 Å². The van der Waals surface area contributed by atoms with Crippen molar-refractivity contribution in [1.29, 1.82) is 0 Å². The lowest BCUT2D eigenvalue weighted by Gasteiger charge is -2.20. The van der Waals surface area contributed by atoms with Gasteiger partial charge in [-0.1, -0.05) is 18.2 Å². The van der Waals surface area contributed by atoms with Crippen LogP contribution in [0.4, 0.5) is 0 Å². The topological polar surface area (TPSA) is 73.9 Å². The Hall–Kier alpha value is -2.50. The van der Waals surface area contributed by atoms with Gasteiger partial charge in [-0.15, -0.1) is 0 Å². The molecule has 0 saturated heterocycles. The number of carbonyl (C=O) groups excluding carboxylic acids is 2. The summed E-state index contributed by atoms with van der Waals surface area (Å²) in [5, 5.41) is 2.85. The van der Waals surface area contributed by atoms with Gasteiger partial charge >= 0.3 is 5.97 Å². The van der Waals surface area contributed by atoms with E-state index in [0.717, 1.165) is 18.4 Å². The van der Waals surface area contributed by atoms with Crippen molar-refractivity contribution in [2.75, 3.05) is 19.8 Å². The fraction of sp³-hybridized carbons (Fsp3) is 0.474. The minimum Gasteiger partial charge on any atom is -0.493 e. The molecule has 0 radical (unpaired) electrons. The van der Waals surface area contributed by atoms with Crippen LogP contribution >= 0.6 is 0 Å². The van der Waals surface area contributed by atoms with Crippen LogP contribution in [0.15, 0.2) is 30.2 Å². The first-order chi connectivity index (χ1) is 12.1. The van der Waals surface area contributed by atoms with E-state index in [-0.39, 0.29) is 24.3 Å². The number of hydrogen-bond acceptors (Lipinski definition) is 5. The summed E-state index contributed by atoms with van der Waals surface area (Å²) in [5.74, 6) is -1.06. The molecule has 0 saturated carbocycles. The van der Waals surface area contributed by atoms with Gasteiger partial charge in [-0.25, -0.2) is 4.79 Å². The van der Waals surface area contributed by atoms with Gasteiger partial charge in [0.05, 0.1) is 6.04 Å². The summed E-state index contributed by atoms with van der Waals surface area (Å²) in [4.78, 5) is 23.8. The van der Waals surface area contributed by atoms with E-state index in [4.69, 9.17) is 14.2 Å². The summed E-state index contributed by atoms with van der Waals surface area (Å²) in [6, 6.07) is 6.23. The molecule has 1 aromatic carbocycles. The van der Waals surface area contributed by atoms with E-state index < -0.39 is 5.97 Å². The fourth-order valence-corrected chi connectivity index (χ4v) is 3.07. The van der Waals surface area contributed by atoms with E-state index in [2.05, 4.69) is 23.5 Å². The van der Waals surface area contributed by atoms with Crippen LogP contribution in [0.2, 0.25) is 0 Å². The van der Waals surface area contributed by atoms with Gasteiger partial charge in [-0.3, -0.25) is 4.79 Å². The second-order valence-electron chi connectivity index (χ2n) is 6.30. The maximum Gasteiger partial charge on any atom is 0.377 e. The zero-order chi connectivity index (χ0) is 17.6. The Morgan fingerprint density at radius 1 is 1.20 bits per heavy atom. The largest absolute Gasteiger partial charge is 0.493 e. The molecule has 25 heavy (non-hydrogen) atoms. The van der Waals surface area contributed by atoms with Crippen LogP contribution in [0, 0.1) is 0 Å². The Morgan fingerprint density at radius 2 is 2.00 bits per heavy atom. The van der Waals surface area contributed by atoms with Crippen molar-refractivity contribution in [3.05, 3.63) is 46.9 Å². The number of esters is 1. The second kappa shape index (κ2) is 8.05. The van der Waals surface area contributed by atoms with Crippen LogP contribution in [0.3, 0.4) is 0 Å². The first-order valence-electron chi connectivity index (χ1n) is 8.66. The zero-order valence-corrected chi connectivity index (χ0v) is 14.4. The number of amides is 1. The molecule has 6 nitrogen and oxygen atoms in total. The molecule has 1 N–H and O–H groups in total. The predicted molar refractivity (Wildman–Crippen MR) is 90.6 cm³/mol. The number of benzene rings is 1. The van der Waals surface area contributed by atoms with Crippen molar-refractivity contribution in [3.8, 4) is 0 Å². The fourth-order valence-electron chi connectivity index (χ4n) is 3.07. The molecule has 1 aliphatic carbocycles. The van der Waals surface area contributed by atoms with Gasteiger partial charge in [-0.2, -0.15) is 0 Å². The van der Waals surface area contributed by atoms with Crippen molar-refractivity contribution in [2.24, 2.45) is 0 Å². The summed E-state index contributed by atoms with van der Waals surface area (Å²) in [6.07, 6.45) is 5.90. The van der Waals surface area contributed by atoms with Gasteiger partial charge in [0.25, 0.3) is 5.91 Å². The lowest BCUT2D eigenvalue weighted by atomic mass is 9.89. The maximum absolute atomic E-state index is 12.0. The summed E-state index contributed by atoms with van der Waals surface area (Å²) in [6.45, 7) is 2.26. The van der Waals surface area contributed by atoms with Crippen molar-refractivity contribution in [2.45, 2.75) is 38.6 Å².